The van der Waals surface area contributed by atoms with Crippen LogP contribution in [0.3, 0.4) is 0 Å². The van der Waals surface area contributed by atoms with E-state index in [1.807, 2.05) is 24.3 Å². The van der Waals surface area contributed by atoms with E-state index in [-0.39, 0.29) is 28.6 Å². The van der Waals surface area contributed by atoms with Gasteiger partial charge in [-0.05, 0) is 18.6 Å². The first-order valence-electron chi connectivity index (χ1n) is 13.5. The number of benzene rings is 2. The number of hydrogen-bond acceptors (Lipinski definition) is 8. The number of anilines is 1. The van der Waals surface area contributed by atoms with Crippen molar-refractivity contribution >= 4 is 40.7 Å². The van der Waals surface area contributed by atoms with Gasteiger partial charge < -0.3 is 25.4 Å². The highest BCUT2D eigenvalue weighted by Gasteiger charge is 2.32. The third kappa shape index (κ3) is 5.66. The highest BCUT2D eigenvalue weighted by Crippen LogP contribution is 2.45. The number of hydrogen-bond donors (Lipinski definition) is 4. The standard InChI is InChI=1S/C30H26Cl2N6O5/c1-42-30-25-22(33-13-15-8-9-24(39)35-15)14-43-23(25)12-21(37-30)18-6-2-4-16(26(18)31)17-5-3-7-20(27(17)32)36-28(40)19-10-11-34-38-29(19)41/h2-7,10-12,15,22,33H,8-9,13-14H2,1H3,(H,35,39)(H,36,40)(H,38,41)/t15-,22-/m0/s1. The van der Waals surface area contributed by atoms with Gasteiger partial charge in [0.1, 0.15) is 17.9 Å². The van der Waals surface area contributed by atoms with Gasteiger partial charge in [0.2, 0.25) is 11.8 Å². The maximum atomic E-state index is 12.7. The second-order valence-corrected chi connectivity index (χ2v) is 10.8. The molecule has 2 aromatic heterocycles. The van der Waals surface area contributed by atoms with E-state index in [2.05, 4.69) is 26.1 Å². The van der Waals surface area contributed by atoms with E-state index in [1.165, 1.54) is 12.3 Å². The molecule has 0 saturated carbocycles. The summed E-state index contributed by atoms with van der Waals surface area (Å²) in [5, 5.41) is 15.6. The molecule has 220 valence electrons. The summed E-state index contributed by atoms with van der Waals surface area (Å²) in [7, 11) is 1.55. The monoisotopic (exact) mass is 620 g/mol. The predicted octanol–water partition coefficient (Wildman–Crippen LogP) is 4.37. The number of nitrogens with zero attached hydrogens (tertiary/aromatic N) is 2. The number of halogens is 2. The van der Waals surface area contributed by atoms with E-state index < -0.39 is 11.5 Å². The van der Waals surface area contributed by atoms with Gasteiger partial charge in [-0.1, -0.05) is 53.5 Å². The van der Waals surface area contributed by atoms with Gasteiger partial charge in [-0.2, -0.15) is 5.10 Å². The van der Waals surface area contributed by atoms with Crippen LogP contribution in [0, 0.1) is 0 Å². The minimum Gasteiger partial charge on any atom is -0.491 e. The lowest BCUT2D eigenvalue weighted by Gasteiger charge is -2.18. The molecule has 4 N–H and O–H groups in total. The summed E-state index contributed by atoms with van der Waals surface area (Å²) in [6.07, 6.45) is 2.65. The molecule has 2 aromatic carbocycles. The molecular weight excluding hydrogens is 595 g/mol. The van der Waals surface area contributed by atoms with Crippen LogP contribution in [-0.4, -0.2) is 53.3 Å². The Morgan fingerprint density at radius 1 is 1.09 bits per heavy atom. The summed E-state index contributed by atoms with van der Waals surface area (Å²) in [5.74, 6) is 0.480. The average Bonchev–Trinajstić information content (AvgIpc) is 3.62. The normalized spacial score (nSPS) is 17.2. The molecule has 0 bridgehead atoms. The summed E-state index contributed by atoms with van der Waals surface area (Å²) >= 11 is 13.7. The SMILES string of the molecule is COc1nc(-c2cccc(-c3cccc(NC(=O)c4ccn[nH]c4=O)c3Cl)c2Cl)cc2c1[C@@H](NC[C@@H]1CCC(=O)N1)CO2. The number of pyridine rings is 1. The van der Waals surface area contributed by atoms with Crippen LogP contribution in [0.2, 0.25) is 10.0 Å². The van der Waals surface area contributed by atoms with Crippen molar-refractivity contribution in [1.82, 2.24) is 25.8 Å². The molecule has 43 heavy (non-hydrogen) atoms. The fraction of sp³-hybridized carbons (Fsp3) is 0.233. The van der Waals surface area contributed by atoms with Crippen LogP contribution in [0.5, 0.6) is 11.6 Å². The van der Waals surface area contributed by atoms with Crippen LogP contribution in [0.25, 0.3) is 22.4 Å². The molecule has 6 rings (SSSR count). The third-order valence-electron chi connectivity index (χ3n) is 7.41. The fourth-order valence-corrected chi connectivity index (χ4v) is 5.86. The Morgan fingerprint density at radius 2 is 1.86 bits per heavy atom. The highest BCUT2D eigenvalue weighted by molar-refractivity contribution is 6.39. The van der Waals surface area contributed by atoms with E-state index in [0.717, 1.165) is 12.0 Å². The Morgan fingerprint density at radius 3 is 2.60 bits per heavy atom. The van der Waals surface area contributed by atoms with Crippen molar-refractivity contribution in [2.24, 2.45) is 0 Å². The van der Waals surface area contributed by atoms with Crippen LogP contribution < -0.4 is 31.0 Å². The molecule has 2 aliphatic rings. The van der Waals surface area contributed by atoms with Crippen molar-refractivity contribution in [3.8, 4) is 34.0 Å². The number of aromatic amines is 1. The average molecular weight is 621 g/mol. The minimum atomic E-state index is -0.627. The van der Waals surface area contributed by atoms with Crippen molar-refractivity contribution in [2.75, 3.05) is 25.6 Å². The molecule has 2 amide bonds. The van der Waals surface area contributed by atoms with Crippen LogP contribution in [0.1, 0.15) is 34.8 Å². The second-order valence-electron chi connectivity index (χ2n) is 10.1. The molecule has 4 heterocycles. The Hall–Kier alpha value is -4.45. The van der Waals surface area contributed by atoms with E-state index in [9.17, 15) is 14.4 Å². The quantitative estimate of drug-likeness (QED) is 0.227. The van der Waals surface area contributed by atoms with Crippen molar-refractivity contribution in [1.29, 1.82) is 0 Å². The number of methoxy groups -OCH3 is 1. The molecule has 0 unspecified atom stereocenters. The molecule has 1 saturated heterocycles. The molecular formula is C30H26Cl2N6O5. The topological polar surface area (TPSA) is 147 Å². The first-order chi connectivity index (χ1) is 20.8. The van der Waals surface area contributed by atoms with Gasteiger partial charge in [0.15, 0.2) is 0 Å². The first-order valence-corrected chi connectivity index (χ1v) is 14.3. The second kappa shape index (κ2) is 12.0. The Bertz CT molecular complexity index is 1800. The fourth-order valence-electron chi connectivity index (χ4n) is 5.26. The van der Waals surface area contributed by atoms with Gasteiger partial charge in [-0.15, -0.1) is 0 Å². The number of fused-ring (bicyclic) bond motifs is 1. The summed E-state index contributed by atoms with van der Waals surface area (Å²) in [6, 6.07) is 13.7. The number of nitrogens with one attached hydrogen (secondary N) is 4. The van der Waals surface area contributed by atoms with E-state index >= 15 is 0 Å². The molecule has 0 aliphatic carbocycles. The van der Waals surface area contributed by atoms with Gasteiger partial charge in [0.05, 0.1) is 40.1 Å². The van der Waals surface area contributed by atoms with Crippen molar-refractivity contribution in [3.63, 3.8) is 0 Å². The smallest absolute Gasteiger partial charge is 0.277 e. The summed E-state index contributed by atoms with van der Waals surface area (Å²) in [5.41, 5.74) is 2.76. The Kier molecular flexibility index (Phi) is 8.02. The van der Waals surface area contributed by atoms with Crippen molar-refractivity contribution in [2.45, 2.75) is 24.9 Å². The maximum absolute atomic E-state index is 12.7. The van der Waals surface area contributed by atoms with E-state index in [1.54, 1.807) is 25.3 Å². The van der Waals surface area contributed by atoms with Gasteiger partial charge in [-0.3, -0.25) is 14.4 Å². The lowest BCUT2D eigenvalue weighted by atomic mass is 9.99. The molecule has 11 nitrogen and oxygen atoms in total. The summed E-state index contributed by atoms with van der Waals surface area (Å²) in [4.78, 5) is 41.1. The predicted molar refractivity (Wildman–Crippen MR) is 162 cm³/mol. The van der Waals surface area contributed by atoms with Gasteiger partial charge in [0.25, 0.3) is 11.5 Å². The Labute approximate surface area is 255 Å². The van der Waals surface area contributed by atoms with Crippen LogP contribution >= 0.6 is 23.2 Å². The number of amides is 2. The van der Waals surface area contributed by atoms with Crippen LogP contribution in [-0.2, 0) is 4.79 Å². The van der Waals surface area contributed by atoms with Crippen LogP contribution in [0.4, 0.5) is 5.69 Å². The van der Waals surface area contributed by atoms with E-state index in [0.29, 0.717) is 64.3 Å². The summed E-state index contributed by atoms with van der Waals surface area (Å²) < 4.78 is 11.7. The first kappa shape index (κ1) is 28.7. The van der Waals surface area contributed by atoms with Gasteiger partial charge in [0, 0.05) is 48.0 Å². The highest BCUT2D eigenvalue weighted by atomic mass is 35.5. The lowest BCUT2D eigenvalue weighted by Crippen LogP contribution is -2.37. The minimum absolute atomic E-state index is 0.0669. The molecule has 0 radical (unpaired) electrons. The number of H-pyrrole nitrogens is 1. The number of carbonyl (C=O) groups is 2. The zero-order chi connectivity index (χ0) is 30.1. The van der Waals surface area contributed by atoms with Gasteiger partial charge in [-0.25, -0.2) is 10.1 Å². The van der Waals surface area contributed by atoms with Gasteiger partial charge >= 0.3 is 0 Å². The molecule has 2 aliphatic heterocycles. The molecule has 0 spiro atoms. The lowest BCUT2D eigenvalue weighted by molar-refractivity contribution is -0.119. The number of ether oxygens (including phenoxy) is 2. The largest absolute Gasteiger partial charge is 0.491 e. The zero-order valence-corrected chi connectivity index (χ0v) is 24.4. The zero-order valence-electron chi connectivity index (χ0n) is 22.9. The summed E-state index contributed by atoms with van der Waals surface area (Å²) in [6.45, 7) is 1.00. The van der Waals surface area contributed by atoms with Crippen molar-refractivity contribution < 1.29 is 19.1 Å². The molecule has 13 heteroatoms. The number of rotatable bonds is 8. The van der Waals surface area contributed by atoms with Crippen LogP contribution in [0.15, 0.2) is 59.5 Å². The molecule has 4 aromatic rings. The van der Waals surface area contributed by atoms with Crippen molar-refractivity contribution in [3.05, 3.63) is 86.3 Å². The van der Waals surface area contributed by atoms with E-state index in [4.69, 9.17) is 37.7 Å². The molecule has 2 atom stereocenters. The Balaban J connectivity index is 1.29. The number of aromatic nitrogens is 3. The number of carbonyl (C=O) groups excluding carboxylic acids is 2. The third-order valence-corrected chi connectivity index (χ3v) is 8.23. The molecule has 1 fully saturated rings. The maximum Gasteiger partial charge on any atom is 0.277 e.